The minimum Gasteiger partial charge on any atom is -0.481 e. The Labute approximate surface area is 121 Å². The zero-order valence-corrected chi connectivity index (χ0v) is 11.6. The van der Waals surface area contributed by atoms with Crippen molar-refractivity contribution in [1.82, 2.24) is 10.1 Å². The van der Waals surface area contributed by atoms with E-state index in [9.17, 15) is 9.18 Å². The van der Waals surface area contributed by atoms with Crippen LogP contribution >= 0.6 is 0 Å². The number of hydrogen-bond donors (Lipinski definition) is 1. The van der Waals surface area contributed by atoms with Gasteiger partial charge in [0, 0.05) is 23.9 Å². The number of fused-ring (bicyclic) bond motifs is 1. The molecule has 21 heavy (non-hydrogen) atoms. The number of aromatic nitrogens is 1. The van der Waals surface area contributed by atoms with Gasteiger partial charge in [0.05, 0.1) is 6.42 Å². The number of carboxylic acids is 1. The first-order valence-electron chi connectivity index (χ1n) is 7.12. The SMILES string of the molecule is O=C(O)CCN1CCC(c2onc3cc(F)ccc23)CC1. The van der Waals surface area contributed by atoms with E-state index in [0.717, 1.165) is 37.1 Å². The fourth-order valence-electron chi connectivity index (χ4n) is 2.90. The van der Waals surface area contributed by atoms with Crippen molar-refractivity contribution in [2.45, 2.75) is 25.2 Å². The summed E-state index contributed by atoms with van der Waals surface area (Å²) in [5.74, 6) is 0.00985. The molecule has 1 fully saturated rings. The van der Waals surface area contributed by atoms with Crippen LogP contribution in [-0.2, 0) is 4.79 Å². The molecule has 6 heteroatoms. The first kappa shape index (κ1) is 14.0. The van der Waals surface area contributed by atoms with Gasteiger partial charge in [-0.05, 0) is 38.1 Å². The average molecular weight is 292 g/mol. The summed E-state index contributed by atoms with van der Waals surface area (Å²) in [5.41, 5.74) is 0.554. The summed E-state index contributed by atoms with van der Waals surface area (Å²) in [5, 5.41) is 13.5. The Hall–Kier alpha value is -1.95. The lowest BCUT2D eigenvalue weighted by Gasteiger charge is -2.30. The van der Waals surface area contributed by atoms with Crippen LogP contribution < -0.4 is 0 Å². The Bertz CT molecular complexity index is 647. The standard InChI is InChI=1S/C15H17FN2O3/c16-11-1-2-12-13(9-11)17-21-15(12)10-3-6-18(7-4-10)8-5-14(19)20/h1-2,9-10H,3-8H2,(H,19,20). The molecule has 1 saturated heterocycles. The van der Waals surface area contributed by atoms with Gasteiger partial charge in [-0.15, -0.1) is 0 Å². The summed E-state index contributed by atoms with van der Waals surface area (Å²) in [7, 11) is 0. The summed E-state index contributed by atoms with van der Waals surface area (Å²) in [6.45, 7) is 2.28. The Morgan fingerprint density at radius 1 is 1.43 bits per heavy atom. The van der Waals surface area contributed by atoms with Crippen molar-refractivity contribution < 1.29 is 18.8 Å². The van der Waals surface area contributed by atoms with E-state index in [1.807, 2.05) is 0 Å². The van der Waals surface area contributed by atoms with Crippen LogP contribution in [0.1, 0.15) is 30.9 Å². The lowest BCUT2D eigenvalue weighted by molar-refractivity contribution is -0.137. The van der Waals surface area contributed by atoms with Crippen molar-refractivity contribution in [3.63, 3.8) is 0 Å². The van der Waals surface area contributed by atoms with Gasteiger partial charge in [0.2, 0.25) is 0 Å². The second-order valence-corrected chi connectivity index (χ2v) is 5.47. The average Bonchev–Trinajstić information content (AvgIpc) is 2.88. The topological polar surface area (TPSA) is 66.6 Å². The maximum absolute atomic E-state index is 13.2. The molecule has 0 atom stereocenters. The molecule has 1 aliphatic rings. The molecule has 3 rings (SSSR count). The van der Waals surface area contributed by atoms with Gasteiger partial charge in [-0.1, -0.05) is 5.16 Å². The molecule has 1 N–H and O–H groups in total. The van der Waals surface area contributed by atoms with Crippen molar-refractivity contribution in [2.75, 3.05) is 19.6 Å². The van der Waals surface area contributed by atoms with Gasteiger partial charge >= 0.3 is 5.97 Å². The summed E-state index contributed by atoms with van der Waals surface area (Å²) in [6.07, 6.45) is 1.98. The van der Waals surface area contributed by atoms with Crippen LogP contribution in [0.2, 0.25) is 0 Å². The Balaban J connectivity index is 1.67. The highest BCUT2D eigenvalue weighted by molar-refractivity contribution is 5.80. The largest absolute Gasteiger partial charge is 0.481 e. The van der Waals surface area contributed by atoms with Gasteiger partial charge in [0.1, 0.15) is 17.1 Å². The van der Waals surface area contributed by atoms with Gasteiger partial charge in [-0.25, -0.2) is 4.39 Å². The highest BCUT2D eigenvalue weighted by atomic mass is 19.1. The number of halogens is 1. The minimum atomic E-state index is -0.764. The van der Waals surface area contributed by atoms with Crippen LogP contribution in [0.5, 0.6) is 0 Å². The number of carboxylic acid groups (broad SMARTS) is 1. The van der Waals surface area contributed by atoms with E-state index in [0.29, 0.717) is 12.1 Å². The Kier molecular flexibility index (Phi) is 3.88. The van der Waals surface area contributed by atoms with E-state index < -0.39 is 5.97 Å². The molecule has 2 aromatic rings. The van der Waals surface area contributed by atoms with Crippen LogP contribution in [0.15, 0.2) is 22.7 Å². The molecule has 1 aromatic carbocycles. The van der Waals surface area contributed by atoms with E-state index in [4.69, 9.17) is 9.63 Å². The van der Waals surface area contributed by atoms with Crippen LogP contribution in [0.25, 0.3) is 10.9 Å². The molecule has 0 amide bonds. The molecule has 0 spiro atoms. The lowest BCUT2D eigenvalue weighted by atomic mass is 9.92. The van der Waals surface area contributed by atoms with Crippen LogP contribution in [0.3, 0.4) is 0 Å². The Morgan fingerprint density at radius 2 is 2.19 bits per heavy atom. The smallest absolute Gasteiger partial charge is 0.304 e. The highest BCUT2D eigenvalue weighted by Gasteiger charge is 2.25. The van der Waals surface area contributed by atoms with Gasteiger partial charge in [0.25, 0.3) is 0 Å². The number of aliphatic carboxylic acids is 1. The van der Waals surface area contributed by atoms with Gasteiger partial charge in [-0.3, -0.25) is 4.79 Å². The third-order valence-corrected chi connectivity index (χ3v) is 4.07. The fourth-order valence-corrected chi connectivity index (χ4v) is 2.90. The first-order chi connectivity index (χ1) is 10.1. The van der Waals surface area contributed by atoms with E-state index >= 15 is 0 Å². The number of benzene rings is 1. The molecule has 0 unspecified atom stereocenters. The highest BCUT2D eigenvalue weighted by Crippen LogP contribution is 2.33. The molecule has 0 radical (unpaired) electrons. The summed E-state index contributed by atoms with van der Waals surface area (Å²) in [6, 6.07) is 4.52. The van der Waals surface area contributed by atoms with E-state index in [1.165, 1.54) is 12.1 Å². The van der Waals surface area contributed by atoms with E-state index in [-0.39, 0.29) is 18.2 Å². The van der Waals surface area contributed by atoms with E-state index in [2.05, 4.69) is 10.1 Å². The molecule has 2 heterocycles. The normalized spacial score (nSPS) is 17.4. The third kappa shape index (κ3) is 3.05. The quantitative estimate of drug-likeness (QED) is 0.938. The number of likely N-dealkylation sites (tertiary alicyclic amines) is 1. The molecule has 1 aliphatic heterocycles. The van der Waals surface area contributed by atoms with Crippen LogP contribution in [0.4, 0.5) is 4.39 Å². The molecule has 0 saturated carbocycles. The molecule has 112 valence electrons. The molecule has 1 aromatic heterocycles. The van der Waals surface area contributed by atoms with Crippen molar-refractivity contribution in [3.8, 4) is 0 Å². The predicted molar refractivity (Wildman–Crippen MR) is 74.6 cm³/mol. The molecule has 0 aliphatic carbocycles. The van der Waals surface area contributed by atoms with Crippen molar-refractivity contribution in [2.24, 2.45) is 0 Å². The number of piperidine rings is 1. The minimum absolute atomic E-state index is 0.176. The first-order valence-corrected chi connectivity index (χ1v) is 7.12. The van der Waals surface area contributed by atoms with Crippen LogP contribution in [-0.4, -0.2) is 40.8 Å². The summed E-state index contributed by atoms with van der Waals surface area (Å²) < 4.78 is 18.6. The van der Waals surface area contributed by atoms with Crippen molar-refractivity contribution >= 4 is 16.9 Å². The third-order valence-electron chi connectivity index (χ3n) is 4.07. The second-order valence-electron chi connectivity index (χ2n) is 5.47. The summed E-state index contributed by atoms with van der Waals surface area (Å²) >= 11 is 0. The van der Waals surface area contributed by atoms with Gasteiger partial charge in [-0.2, -0.15) is 0 Å². The Morgan fingerprint density at radius 3 is 2.90 bits per heavy atom. The van der Waals surface area contributed by atoms with Gasteiger partial charge in [0.15, 0.2) is 0 Å². The van der Waals surface area contributed by atoms with Crippen molar-refractivity contribution in [3.05, 3.63) is 29.8 Å². The molecular formula is C15H17FN2O3. The maximum atomic E-state index is 13.2. The van der Waals surface area contributed by atoms with Crippen molar-refractivity contribution in [1.29, 1.82) is 0 Å². The van der Waals surface area contributed by atoms with Crippen LogP contribution in [0, 0.1) is 5.82 Å². The number of carbonyl (C=O) groups is 1. The molecule has 0 bridgehead atoms. The molecular weight excluding hydrogens is 275 g/mol. The fraction of sp³-hybridized carbons (Fsp3) is 0.467. The zero-order chi connectivity index (χ0) is 14.8. The van der Waals surface area contributed by atoms with Gasteiger partial charge < -0.3 is 14.5 Å². The zero-order valence-electron chi connectivity index (χ0n) is 11.6. The lowest BCUT2D eigenvalue weighted by Crippen LogP contribution is -2.34. The second kappa shape index (κ2) is 5.81. The summed E-state index contributed by atoms with van der Waals surface area (Å²) in [4.78, 5) is 12.7. The number of hydrogen-bond acceptors (Lipinski definition) is 4. The van der Waals surface area contributed by atoms with E-state index in [1.54, 1.807) is 6.07 Å². The predicted octanol–water partition coefficient (Wildman–Crippen LogP) is 2.62. The maximum Gasteiger partial charge on any atom is 0.304 e. The number of nitrogens with zero attached hydrogens (tertiary/aromatic N) is 2. The monoisotopic (exact) mass is 292 g/mol. The molecule has 5 nitrogen and oxygen atoms in total. The number of rotatable bonds is 4.